The fourth-order valence-electron chi connectivity index (χ4n) is 1.23. The second-order valence-corrected chi connectivity index (χ2v) is 4.64. The van der Waals surface area contributed by atoms with Crippen molar-refractivity contribution in [3.05, 3.63) is 11.8 Å². The number of nitrogens with one attached hydrogen (secondary N) is 1. The molecule has 0 aromatic heterocycles. The van der Waals surface area contributed by atoms with Gasteiger partial charge >= 0.3 is 0 Å². The van der Waals surface area contributed by atoms with Gasteiger partial charge in [-0.1, -0.05) is 0 Å². The van der Waals surface area contributed by atoms with E-state index in [9.17, 15) is 4.79 Å². The average molecular weight is 197 g/mol. The van der Waals surface area contributed by atoms with Crippen molar-refractivity contribution in [2.75, 3.05) is 13.2 Å². The number of hydrogen-bond acceptors (Lipinski definition) is 3. The first-order valence-electron chi connectivity index (χ1n) is 5.08. The first-order chi connectivity index (χ1) is 6.49. The van der Waals surface area contributed by atoms with Crippen LogP contribution in [0, 0.1) is 0 Å². The number of Topliss-reactive ketones (excluding diaryl/α,β-unsaturated/α-hetero) is 1. The van der Waals surface area contributed by atoms with Crippen molar-refractivity contribution < 1.29 is 9.53 Å². The molecule has 0 fully saturated rings. The maximum atomic E-state index is 11.6. The number of rotatable bonds is 3. The molecule has 0 aliphatic carbocycles. The van der Waals surface area contributed by atoms with Gasteiger partial charge < -0.3 is 10.1 Å². The largest absolute Gasteiger partial charge is 0.501 e. The summed E-state index contributed by atoms with van der Waals surface area (Å²) in [5, 5.41) is 3.17. The Kier molecular flexibility index (Phi) is 3.69. The van der Waals surface area contributed by atoms with Crippen molar-refractivity contribution in [3.63, 3.8) is 0 Å². The van der Waals surface area contributed by atoms with Gasteiger partial charge in [-0.15, -0.1) is 0 Å². The van der Waals surface area contributed by atoms with Crippen LogP contribution in [0.2, 0.25) is 0 Å². The lowest BCUT2D eigenvalue weighted by atomic mass is 10.0. The van der Waals surface area contributed by atoms with Gasteiger partial charge in [0.15, 0.2) is 5.78 Å². The topological polar surface area (TPSA) is 38.3 Å². The highest BCUT2D eigenvalue weighted by molar-refractivity contribution is 5.96. The number of carbonyl (C=O) groups excluding carboxylic acids is 1. The monoisotopic (exact) mass is 197 g/mol. The zero-order valence-electron chi connectivity index (χ0n) is 9.22. The highest BCUT2D eigenvalue weighted by Crippen LogP contribution is 2.12. The third-order valence-electron chi connectivity index (χ3n) is 2.07. The Morgan fingerprint density at radius 3 is 2.79 bits per heavy atom. The Morgan fingerprint density at radius 2 is 2.29 bits per heavy atom. The molecule has 1 rings (SSSR count). The molecular formula is C11H19NO2. The van der Waals surface area contributed by atoms with Gasteiger partial charge in [0, 0.05) is 11.1 Å². The summed E-state index contributed by atoms with van der Waals surface area (Å²) in [4.78, 5) is 11.6. The van der Waals surface area contributed by atoms with Gasteiger partial charge in [-0.2, -0.15) is 0 Å². The van der Waals surface area contributed by atoms with E-state index in [0.717, 1.165) is 25.0 Å². The molecule has 14 heavy (non-hydrogen) atoms. The van der Waals surface area contributed by atoms with Crippen LogP contribution in [0.5, 0.6) is 0 Å². The zero-order chi connectivity index (χ0) is 10.6. The smallest absolute Gasteiger partial charge is 0.175 e. The van der Waals surface area contributed by atoms with Crippen LogP contribution in [-0.2, 0) is 9.53 Å². The molecule has 0 amide bonds. The van der Waals surface area contributed by atoms with Gasteiger partial charge in [0.2, 0.25) is 0 Å². The average Bonchev–Trinajstić information content (AvgIpc) is 2.14. The minimum Gasteiger partial charge on any atom is -0.501 e. The number of ketones is 1. The predicted molar refractivity (Wildman–Crippen MR) is 56.0 cm³/mol. The summed E-state index contributed by atoms with van der Waals surface area (Å²) < 4.78 is 5.12. The molecule has 0 saturated heterocycles. The summed E-state index contributed by atoms with van der Waals surface area (Å²) in [6.07, 6.45) is 3.41. The fraction of sp³-hybridized carbons (Fsp3) is 0.727. The van der Waals surface area contributed by atoms with Gasteiger partial charge in [-0.3, -0.25) is 4.79 Å². The van der Waals surface area contributed by atoms with E-state index in [1.54, 1.807) is 6.26 Å². The molecule has 0 atom stereocenters. The molecule has 1 heterocycles. The van der Waals surface area contributed by atoms with E-state index in [-0.39, 0.29) is 11.3 Å². The van der Waals surface area contributed by atoms with Crippen LogP contribution in [0.15, 0.2) is 11.8 Å². The van der Waals surface area contributed by atoms with Crippen LogP contribution in [-0.4, -0.2) is 24.5 Å². The molecule has 0 spiro atoms. The lowest BCUT2D eigenvalue weighted by molar-refractivity contribution is -0.115. The summed E-state index contributed by atoms with van der Waals surface area (Å²) in [7, 11) is 0. The van der Waals surface area contributed by atoms with Crippen LogP contribution in [0.25, 0.3) is 0 Å². The zero-order valence-corrected chi connectivity index (χ0v) is 9.22. The molecule has 3 heteroatoms. The van der Waals surface area contributed by atoms with E-state index in [2.05, 4.69) is 5.32 Å². The van der Waals surface area contributed by atoms with Crippen LogP contribution in [0.1, 0.15) is 33.6 Å². The van der Waals surface area contributed by atoms with Gasteiger partial charge in [-0.25, -0.2) is 0 Å². The van der Waals surface area contributed by atoms with Gasteiger partial charge in [0.25, 0.3) is 0 Å². The van der Waals surface area contributed by atoms with E-state index in [1.165, 1.54) is 0 Å². The summed E-state index contributed by atoms with van der Waals surface area (Å²) in [6, 6.07) is 0. The molecule has 0 bridgehead atoms. The molecule has 3 nitrogen and oxygen atoms in total. The number of ether oxygens (including phenoxy) is 1. The van der Waals surface area contributed by atoms with E-state index in [4.69, 9.17) is 4.74 Å². The fourth-order valence-corrected chi connectivity index (χ4v) is 1.23. The molecule has 1 N–H and O–H groups in total. The first-order valence-corrected chi connectivity index (χ1v) is 5.08. The lowest BCUT2D eigenvalue weighted by Crippen LogP contribution is -2.39. The van der Waals surface area contributed by atoms with Gasteiger partial charge in [0.1, 0.15) is 0 Å². The van der Waals surface area contributed by atoms with E-state index >= 15 is 0 Å². The Hall–Kier alpha value is -0.830. The van der Waals surface area contributed by atoms with E-state index in [0.29, 0.717) is 6.54 Å². The number of hydrogen-bond donors (Lipinski definition) is 1. The summed E-state index contributed by atoms with van der Waals surface area (Å²) in [5.41, 5.74) is 0.805. The van der Waals surface area contributed by atoms with Crippen molar-refractivity contribution in [2.45, 2.75) is 39.2 Å². The Balaban J connectivity index is 2.38. The Morgan fingerprint density at radius 1 is 1.57 bits per heavy atom. The molecule has 0 saturated carbocycles. The lowest BCUT2D eigenvalue weighted by Gasteiger charge is -2.21. The molecule has 0 aromatic rings. The summed E-state index contributed by atoms with van der Waals surface area (Å²) in [5.74, 6) is 0.152. The summed E-state index contributed by atoms with van der Waals surface area (Å²) >= 11 is 0. The highest BCUT2D eigenvalue weighted by Gasteiger charge is 2.16. The minimum atomic E-state index is -0.00819. The molecule has 0 aromatic carbocycles. The van der Waals surface area contributed by atoms with Crippen molar-refractivity contribution in [3.8, 4) is 0 Å². The minimum absolute atomic E-state index is 0.00819. The molecule has 0 radical (unpaired) electrons. The Bertz CT molecular complexity index is 238. The van der Waals surface area contributed by atoms with Crippen molar-refractivity contribution in [2.24, 2.45) is 0 Å². The van der Waals surface area contributed by atoms with Crippen molar-refractivity contribution in [1.29, 1.82) is 0 Å². The number of carbonyl (C=O) groups is 1. The second kappa shape index (κ2) is 4.60. The van der Waals surface area contributed by atoms with Gasteiger partial charge in [-0.05, 0) is 33.6 Å². The standard InChI is InChI=1S/C11H19NO2/c1-11(2,3)12-7-10(13)9-5-4-6-14-8-9/h8,12H,4-7H2,1-3H3. The molecule has 80 valence electrons. The third kappa shape index (κ3) is 3.92. The van der Waals surface area contributed by atoms with Crippen molar-refractivity contribution >= 4 is 5.78 Å². The molecule has 0 unspecified atom stereocenters. The maximum Gasteiger partial charge on any atom is 0.175 e. The normalized spacial score (nSPS) is 17.2. The van der Waals surface area contributed by atoms with E-state index in [1.807, 2.05) is 20.8 Å². The SMILES string of the molecule is CC(C)(C)NCC(=O)C1=COCCC1. The quantitative estimate of drug-likeness (QED) is 0.747. The molecule has 1 aliphatic rings. The molecular weight excluding hydrogens is 178 g/mol. The van der Waals surface area contributed by atoms with Crippen LogP contribution < -0.4 is 5.32 Å². The molecule has 1 aliphatic heterocycles. The van der Waals surface area contributed by atoms with Crippen LogP contribution in [0.3, 0.4) is 0 Å². The van der Waals surface area contributed by atoms with E-state index < -0.39 is 0 Å². The maximum absolute atomic E-state index is 11.6. The third-order valence-corrected chi connectivity index (χ3v) is 2.07. The summed E-state index contributed by atoms with van der Waals surface area (Å²) in [6.45, 7) is 7.28. The second-order valence-electron chi connectivity index (χ2n) is 4.64. The first kappa shape index (κ1) is 11.2. The van der Waals surface area contributed by atoms with Crippen LogP contribution in [0.4, 0.5) is 0 Å². The van der Waals surface area contributed by atoms with Crippen LogP contribution >= 0.6 is 0 Å². The predicted octanol–water partition coefficient (Wildman–Crippen LogP) is 1.64. The van der Waals surface area contributed by atoms with Crippen molar-refractivity contribution in [1.82, 2.24) is 5.32 Å². The van der Waals surface area contributed by atoms with Gasteiger partial charge in [0.05, 0.1) is 19.4 Å². The Labute approximate surface area is 85.5 Å². The highest BCUT2D eigenvalue weighted by atomic mass is 16.5.